The molecule has 8 nitrogen and oxygen atoms in total. The Hall–Kier alpha value is -3.72. The lowest BCUT2D eigenvalue weighted by atomic mass is 10.1. The summed E-state index contributed by atoms with van der Waals surface area (Å²) >= 11 is 1.28. The number of nitrogens with zero attached hydrogens (tertiary/aromatic N) is 2. The maximum atomic E-state index is 12.3. The molecule has 0 unspecified atom stereocenters. The molecule has 9 heteroatoms. The Morgan fingerprint density at radius 1 is 1.15 bits per heavy atom. The second-order valence-corrected chi connectivity index (χ2v) is 8.34. The molecular weight excluding hydrogens is 454 g/mol. The first-order valence-electron chi connectivity index (χ1n) is 11.0. The number of carbonyl (C=O) groups excluding carboxylic acids is 1. The molecule has 0 fully saturated rings. The van der Waals surface area contributed by atoms with Crippen molar-refractivity contribution in [3.8, 4) is 22.8 Å². The van der Waals surface area contributed by atoms with Crippen molar-refractivity contribution in [3.63, 3.8) is 0 Å². The van der Waals surface area contributed by atoms with Crippen LogP contribution in [0.25, 0.3) is 17.3 Å². The molecule has 0 aliphatic heterocycles. The molecule has 1 amide bonds. The third-order valence-corrected chi connectivity index (χ3v) is 5.74. The van der Waals surface area contributed by atoms with Crippen LogP contribution < -0.4 is 14.8 Å². The van der Waals surface area contributed by atoms with Gasteiger partial charge in [-0.1, -0.05) is 32.3 Å². The molecule has 1 aromatic heterocycles. The van der Waals surface area contributed by atoms with E-state index in [1.54, 1.807) is 30.7 Å². The lowest BCUT2D eigenvalue weighted by Gasteiger charge is -2.11. The molecule has 0 saturated heterocycles. The molecule has 34 heavy (non-hydrogen) atoms. The van der Waals surface area contributed by atoms with E-state index in [-0.39, 0.29) is 11.6 Å². The minimum absolute atomic E-state index is 0.0147. The molecule has 0 bridgehead atoms. The number of aromatic nitrogens is 1. The standard InChI is InChI=1S/C25H27N3O5S/c1-3-4-5-6-15-33-22-13-7-18(16-23(22)32-2)8-14-24(29)27-25-26-21(17-34-25)19-9-11-20(12-10-19)28(30)31/h7-14,16-17H,3-6,15H2,1-2H3,(H,26,27,29)/b14-8+. The minimum atomic E-state index is -0.451. The third kappa shape index (κ3) is 7.14. The minimum Gasteiger partial charge on any atom is -0.493 e. The van der Waals surface area contributed by atoms with Gasteiger partial charge in [-0.2, -0.15) is 0 Å². The topological polar surface area (TPSA) is 104 Å². The van der Waals surface area contributed by atoms with E-state index in [4.69, 9.17) is 9.47 Å². The molecule has 0 radical (unpaired) electrons. The van der Waals surface area contributed by atoms with Gasteiger partial charge >= 0.3 is 0 Å². The van der Waals surface area contributed by atoms with Crippen molar-refractivity contribution in [3.05, 3.63) is 69.6 Å². The van der Waals surface area contributed by atoms with Gasteiger partial charge in [-0.05, 0) is 42.3 Å². The second-order valence-electron chi connectivity index (χ2n) is 7.48. The Morgan fingerprint density at radius 3 is 2.65 bits per heavy atom. The average molecular weight is 482 g/mol. The number of thiazole rings is 1. The van der Waals surface area contributed by atoms with E-state index in [1.165, 1.54) is 42.4 Å². The number of hydrogen-bond acceptors (Lipinski definition) is 7. The van der Waals surface area contributed by atoms with Crippen molar-refractivity contribution in [2.75, 3.05) is 19.0 Å². The highest BCUT2D eigenvalue weighted by Crippen LogP contribution is 2.29. The fourth-order valence-electron chi connectivity index (χ4n) is 3.15. The lowest BCUT2D eigenvalue weighted by Crippen LogP contribution is -2.07. The molecule has 0 aliphatic rings. The summed E-state index contributed by atoms with van der Waals surface area (Å²) in [6.07, 6.45) is 7.64. The smallest absolute Gasteiger partial charge is 0.269 e. The number of hydrogen-bond donors (Lipinski definition) is 1. The van der Waals surface area contributed by atoms with Gasteiger partial charge < -0.3 is 9.47 Å². The van der Waals surface area contributed by atoms with E-state index < -0.39 is 4.92 Å². The molecular formula is C25H27N3O5S. The summed E-state index contributed by atoms with van der Waals surface area (Å²) in [6.45, 7) is 2.82. The predicted octanol–water partition coefficient (Wildman–Crippen LogP) is 6.34. The molecule has 178 valence electrons. The SMILES string of the molecule is CCCCCCOc1ccc(/C=C/C(=O)Nc2nc(-c3ccc([N+](=O)[O-])cc3)cs2)cc1OC. The van der Waals surface area contributed by atoms with Crippen LogP contribution in [0.2, 0.25) is 0 Å². The van der Waals surface area contributed by atoms with Gasteiger partial charge in [-0.15, -0.1) is 11.3 Å². The fourth-order valence-corrected chi connectivity index (χ4v) is 3.88. The van der Waals surface area contributed by atoms with E-state index in [2.05, 4.69) is 17.2 Å². The number of ether oxygens (including phenoxy) is 2. The van der Waals surface area contributed by atoms with Crippen molar-refractivity contribution in [2.24, 2.45) is 0 Å². The number of nitro groups is 1. The number of amides is 1. The molecule has 0 atom stereocenters. The number of benzene rings is 2. The number of carbonyl (C=O) groups is 1. The van der Waals surface area contributed by atoms with Crippen molar-refractivity contribution < 1.29 is 19.2 Å². The zero-order valence-corrected chi connectivity index (χ0v) is 20.0. The number of methoxy groups -OCH3 is 1. The quantitative estimate of drug-likeness (QED) is 0.140. The van der Waals surface area contributed by atoms with Gasteiger partial charge in [0.05, 0.1) is 24.3 Å². The number of nitro benzene ring substituents is 1. The van der Waals surface area contributed by atoms with Gasteiger partial charge in [0.2, 0.25) is 5.91 Å². The van der Waals surface area contributed by atoms with Crippen LogP contribution in [0.15, 0.2) is 53.9 Å². The Morgan fingerprint density at radius 2 is 1.94 bits per heavy atom. The van der Waals surface area contributed by atoms with E-state index >= 15 is 0 Å². The van der Waals surface area contributed by atoms with Crippen LogP contribution in [0.5, 0.6) is 11.5 Å². The lowest BCUT2D eigenvalue weighted by molar-refractivity contribution is -0.384. The van der Waals surface area contributed by atoms with Crippen LogP contribution in [0.4, 0.5) is 10.8 Å². The van der Waals surface area contributed by atoms with Gasteiger partial charge in [0.25, 0.3) is 5.69 Å². The van der Waals surface area contributed by atoms with E-state index in [1.807, 2.05) is 18.2 Å². The Labute approximate surface area is 202 Å². The summed E-state index contributed by atoms with van der Waals surface area (Å²) in [7, 11) is 1.59. The van der Waals surface area contributed by atoms with Crippen molar-refractivity contribution in [1.82, 2.24) is 4.98 Å². The fraction of sp³-hybridized carbons (Fsp3) is 0.280. The highest BCUT2D eigenvalue weighted by molar-refractivity contribution is 7.14. The van der Waals surface area contributed by atoms with E-state index in [0.717, 1.165) is 24.0 Å². The molecule has 3 rings (SSSR count). The van der Waals surface area contributed by atoms with Gasteiger partial charge in [0.1, 0.15) is 0 Å². The molecule has 1 N–H and O–H groups in total. The number of unbranched alkanes of at least 4 members (excludes halogenated alkanes) is 3. The predicted molar refractivity (Wildman–Crippen MR) is 134 cm³/mol. The number of nitrogens with one attached hydrogen (secondary N) is 1. The maximum absolute atomic E-state index is 12.3. The van der Waals surface area contributed by atoms with Crippen LogP contribution in [-0.2, 0) is 4.79 Å². The average Bonchev–Trinajstić information content (AvgIpc) is 3.31. The van der Waals surface area contributed by atoms with Crippen LogP contribution >= 0.6 is 11.3 Å². The van der Waals surface area contributed by atoms with Crippen molar-refractivity contribution in [2.45, 2.75) is 32.6 Å². The zero-order valence-electron chi connectivity index (χ0n) is 19.2. The van der Waals surface area contributed by atoms with Gasteiger partial charge in [0, 0.05) is 29.2 Å². The summed E-state index contributed by atoms with van der Waals surface area (Å²) in [5.74, 6) is 0.979. The maximum Gasteiger partial charge on any atom is 0.269 e. The number of anilines is 1. The van der Waals surface area contributed by atoms with Crippen LogP contribution in [-0.4, -0.2) is 29.5 Å². The van der Waals surface area contributed by atoms with Gasteiger partial charge in [-0.3, -0.25) is 20.2 Å². The second kappa shape index (κ2) is 12.5. The van der Waals surface area contributed by atoms with E-state index in [0.29, 0.717) is 28.9 Å². The van der Waals surface area contributed by atoms with Gasteiger partial charge in [-0.25, -0.2) is 4.98 Å². The molecule has 0 aliphatic carbocycles. The van der Waals surface area contributed by atoms with Gasteiger partial charge in [0.15, 0.2) is 16.6 Å². The summed E-state index contributed by atoms with van der Waals surface area (Å²) in [5.41, 5.74) is 2.18. The molecule has 1 heterocycles. The zero-order chi connectivity index (χ0) is 24.3. The van der Waals surface area contributed by atoms with Crippen LogP contribution in [0.3, 0.4) is 0 Å². The largest absolute Gasteiger partial charge is 0.493 e. The molecule has 2 aromatic carbocycles. The molecule has 3 aromatic rings. The van der Waals surface area contributed by atoms with Crippen LogP contribution in [0.1, 0.15) is 38.2 Å². The van der Waals surface area contributed by atoms with Crippen molar-refractivity contribution in [1.29, 1.82) is 0 Å². The highest BCUT2D eigenvalue weighted by Gasteiger charge is 2.10. The Bertz CT molecular complexity index is 1140. The summed E-state index contributed by atoms with van der Waals surface area (Å²) in [5, 5.41) is 15.7. The monoisotopic (exact) mass is 481 g/mol. The van der Waals surface area contributed by atoms with Crippen LogP contribution in [0, 0.1) is 10.1 Å². The first-order valence-corrected chi connectivity index (χ1v) is 11.9. The summed E-state index contributed by atoms with van der Waals surface area (Å²) in [6, 6.07) is 11.6. The highest BCUT2D eigenvalue weighted by atomic mass is 32.1. The van der Waals surface area contributed by atoms with E-state index in [9.17, 15) is 14.9 Å². The Balaban J connectivity index is 1.57. The molecule has 0 spiro atoms. The summed E-state index contributed by atoms with van der Waals surface area (Å²) < 4.78 is 11.2. The first kappa shape index (κ1) is 24.9. The summed E-state index contributed by atoms with van der Waals surface area (Å²) in [4.78, 5) is 27.1. The molecule has 0 saturated carbocycles. The third-order valence-electron chi connectivity index (χ3n) is 4.98. The normalized spacial score (nSPS) is 10.9. The Kier molecular flexibility index (Phi) is 9.16. The number of rotatable bonds is 12. The van der Waals surface area contributed by atoms with Crippen molar-refractivity contribution >= 4 is 34.1 Å². The number of non-ortho nitro benzene ring substituents is 1. The first-order chi connectivity index (χ1) is 16.5.